The van der Waals surface area contributed by atoms with E-state index < -0.39 is 0 Å². The summed E-state index contributed by atoms with van der Waals surface area (Å²) >= 11 is 1.62. The van der Waals surface area contributed by atoms with Gasteiger partial charge >= 0.3 is 0 Å². The Hall–Kier alpha value is -3.12. The molecule has 6 heteroatoms. The molecule has 1 aliphatic rings. The van der Waals surface area contributed by atoms with E-state index in [1.807, 2.05) is 42.2 Å². The second kappa shape index (κ2) is 10.0. The minimum atomic E-state index is -0.302. The number of carbonyl (C=O) groups is 2. The minimum absolute atomic E-state index is 0.0403. The first kappa shape index (κ1) is 22.1. The zero-order valence-electron chi connectivity index (χ0n) is 17.8. The Balaban J connectivity index is 1.40. The molecule has 1 N–H and O–H groups in total. The minimum Gasteiger partial charge on any atom is -0.346 e. The molecule has 2 atom stereocenters. The first-order valence-electron chi connectivity index (χ1n) is 10.6. The Bertz CT molecular complexity index is 1070. The van der Waals surface area contributed by atoms with Crippen molar-refractivity contribution in [1.29, 1.82) is 0 Å². The van der Waals surface area contributed by atoms with E-state index in [1.165, 1.54) is 17.7 Å². The summed E-state index contributed by atoms with van der Waals surface area (Å²) in [7, 11) is 0. The van der Waals surface area contributed by atoms with E-state index in [1.54, 1.807) is 36.0 Å². The van der Waals surface area contributed by atoms with Crippen molar-refractivity contribution in [3.8, 4) is 0 Å². The van der Waals surface area contributed by atoms with E-state index in [-0.39, 0.29) is 29.0 Å². The highest BCUT2D eigenvalue weighted by molar-refractivity contribution is 8.00. The Morgan fingerprint density at radius 3 is 2.44 bits per heavy atom. The van der Waals surface area contributed by atoms with E-state index in [0.29, 0.717) is 17.9 Å². The maximum atomic E-state index is 13.1. The molecule has 1 aliphatic heterocycles. The van der Waals surface area contributed by atoms with E-state index in [4.69, 9.17) is 0 Å². The van der Waals surface area contributed by atoms with Crippen LogP contribution in [0.2, 0.25) is 0 Å². The molecule has 0 saturated carbocycles. The lowest BCUT2D eigenvalue weighted by Gasteiger charge is -2.24. The number of rotatable bonds is 7. The van der Waals surface area contributed by atoms with Crippen LogP contribution in [0.1, 0.15) is 45.4 Å². The molecule has 2 amide bonds. The molecule has 2 unspecified atom stereocenters. The van der Waals surface area contributed by atoms with Crippen LogP contribution in [-0.2, 0) is 11.2 Å². The monoisotopic (exact) mass is 448 g/mol. The van der Waals surface area contributed by atoms with Gasteiger partial charge < -0.3 is 10.2 Å². The molecule has 0 aliphatic carbocycles. The average molecular weight is 449 g/mol. The van der Waals surface area contributed by atoms with Crippen LogP contribution in [-0.4, -0.2) is 29.0 Å². The highest BCUT2D eigenvalue weighted by Crippen LogP contribution is 2.38. The van der Waals surface area contributed by atoms with Crippen molar-refractivity contribution in [2.45, 2.75) is 24.8 Å². The largest absolute Gasteiger partial charge is 0.346 e. The van der Waals surface area contributed by atoms with Crippen LogP contribution < -0.4 is 5.32 Å². The van der Waals surface area contributed by atoms with Crippen molar-refractivity contribution in [3.05, 3.63) is 107 Å². The fraction of sp³-hybridized carbons (Fsp3) is 0.231. The fourth-order valence-electron chi connectivity index (χ4n) is 3.78. The lowest BCUT2D eigenvalue weighted by Crippen LogP contribution is -2.30. The number of hydrogen-bond donors (Lipinski definition) is 1. The highest BCUT2D eigenvalue weighted by atomic mass is 32.2. The third kappa shape index (κ3) is 5.19. The van der Waals surface area contributed by atoms with Gasteiger partial charge in [0.25, 0.3) is 5.91 Å². The summed E-state index contributed by atoms with van der Waals surface area (Å²) in [6, 6.07) is 23.4. The molecule has 0 radical (unpaired) electrons. The molecule has 164 valence electrons. The Kier molecular flexibility index (Phi) is 6.90. The fourth-order valence-corrected chi connectivity index (χ4v) is 5.00. The standard InChI is InChI=1S/C26H25FN2O2S/c1-18(20-11-13-23(27)14-12-20)28-25(31)21-7-9-22(10-8-21)26-29(24(30)17-32-26)16-15-19-5-3-2-4-6-19/h2-14,18,26H,15-17H2,1H3,(H,28,31). The Labute approximate surface area is 191 Å². The molecule has 0 aromatic heterocycles. The molecule has 1 saturated heterocycles. The number of hydrogen-bond acceptors (Lipinski definition) is 3. The van der Waals surface area contributed by atoms with Crippen LogP contribution in [0.4, 0.5) is 4.39 Å². The summed E-state index contributed by atoms with van der Waals surface area (Å²) in [5, 5.41) is 2.90. The molecule has 0 bridgehead atoms. The highest BCUT2D eigenvalue weighted by Gasteiger charge is 2.32. The van der Waals surface area contributed by atoms with Gasteiger partial charge in [-0.2, -0.15) is 0 Å². The summed E-state index contributed by atoms with van der Waals surface area (Å²) in [4.78, 5) is 27.0. The van der Waals surface area contributed by atoms with Crippen molar-refractivity contribution in [2.75, 3.05) is 12.3 Å². The number of nitrogens with zero attached hydrogens (tertiary/aromatic N) is 1. The summed E-state index contributed by atoms with van der Waals surface area (Å²) in [5.41, 5.74) is 3.61. The molecule has 4 nitrogen and oxygen atoms in total. The van der Waals surface area contributed by atoms with Crippen molar-refractivity contribution >= 4 is 23.6 Å². The summed E-state index contributed by atoms with van der Waals surface area (Å²) in [5.74, 6) is 0.121. The van der Waals surface area contributed by atoms with E-state index >= 15 is 0 Å². The van der Waals surface area contributed by atoms with E-state index in [0.717, 1.165) is 17.5 Å². The summed E-state index contributed by atoms with van der Waals surface area (Å²) < 4.78 is 13.1. The quantitative estimate of drug-likeness (QED) is 0.545. The molecule has 1 fully saturated rings. The van der Waals surface area contributed by atoms with Crippen LogP contribution >= 0.6 is 11.8 Å². The van der Waals surface area contributed by atoms with Gasteiger partial charge in [0.2, 0.25) is 5.91 Å². The second-order valence-electron chi connectivity index (χ2n) is 7.85. The second-order valence-corrected chi connectivity index (χ2v) is 8.92. The van der Waals surface area contributed by atoms with Crippen LogP contribution in [0.3, 0.4) is 0 Å². The van der Waals surface area contributed by atoms with Gasteiger partial charge in [-0.15, -0.1) is 11.8 Å². The number of halogens is 1. The zero-order valence-corrected chi connectivity index (χ0v) is 18.6. The van der Waals surface area contributed by atoms with Crippen molar-refractivity contribution in [3.63, 3.8) is 0 Å². The zero-order chi connectivity index (χ0) is 22.5. The predicted molar refractivity (Wildman–Crippen MR) is 126 cm³/mol. The maximum absolute atomic E-state index is 13.1. The van der Waals surface area contributed by atoms with Gasteiger partial charge in [-0.05, 0) is 54.3 Å². The number of carbonyl (C=O) groups excluding carboxylic acids is 2. The lowest BCUT2D eigenvalue weighted by atomic mass is 10.1. The predicted octanol–water partition coefficient (Wildman–Crippen LogP) is 5.13. The van der Waals surface area contributed by atoms with Gasteiger partial charge in [0.1, 0.15) is 11.2 Å². The first-order chi connectivity index (χ1) is 15.5. The van der Waals surface area contributed by atoms with E-state index in [2.05, 4.69) is 17.4 Å². The SMILES string of the molecule is CC(NC(=O)c1ccc(C2SCC(=O)N2CCc2ccccc2)cc1)c1ccc(F)cc1. The van der Waals surface area contributed by atoms with Gasteiger partial charge in [0, 0.05) is 12.1 Å². The van der Waals surface area contributed by atoms with Crippen LogP contribution in [0.15, 0.2) is 78.9 Å². The molecular formula is C26H25FN2O2S. The Morgan fingerprint density at radius 1 is 1.06 bits per heavy atom. The molecule has 1 heterocycles. The van der Waals surface area contributed by atoms with Gasteiger partial charge in [-0.3, -0.25) is 9.59 Å². The van der Waals surface area contributed by atoms with Gasteiger partial charge in [-0.25, -0.2) is 4.39 Å². The first-order valence-corrected chi connectivity index (χ1v) is 11.7. The van der Waals surface area contributed by atoms with Crippen LogP contribution in [0.5, 0.6) is 0 Å². The van der Waals surface area contributed by atoms with Crippen molar-refractivity contribution in [1.82, 2.24) is 10.2 Å². The third-order valence-electron chi connectivity index (χ3n) is 5.63. The summed E-state index contributed by atoms with van der Waals surface area (Å²) in [6.45, 7) is 2.53. The number of nitrogens with one attached hydrogen (secondary N) is 1. The normalized spacial score (nSPS) is 16.8. The smallest absolute Gasteiger partial charge is 0.251 e. The van der Waals surface area contributed by atoms with Crippen LogP contribution in [0.25, 0.3) is 0 Å². The number of thioether (sulfide) groups is 1. The topological polar surface area (TPSA) is 49.4 Å². The number of benzene rings is 3. The van der Waals surface area contributed by atoms with Gasteiger partial charge in [0.15, 0.2) is 0 Å². The van der Waals surface area contributed by atoms with E-state index in [9.17, 15) is 14.0 Å². The molecule has 3 aromatic rings. The lowest BCUT2D eigenvalue weighted by molar-refractivity contribution is -0.128. The van der Waals surface area contributed by atoms with Crippen LogP contribution in [0, 0.1) is 5.82 Å². The Morgan fingerprint density at radius 2 is 1.75 bits per heavy atom. The molecule has 4 rings (SSSR count). The molecule has 0 spiro atoms. The van der Waals surface area contributed by atoms with Gasteiger partial charge in [0.05, 0.1) is 11.8 Å². The molecule has 32 heavy (non-hydrogen) atoms. The third-order valence-corrected chi connectivity index (χ3v) is 6.88. The van der Waals surface area contributed by atoms with Crippen molar-refractivity contribution < 1.29 is 14.0 Å². The molecule has 3 aromatic carbocycles. The molecular weight excluding hydrogens is 423 g/mol. The van der Waals surface area contributed by atoms with Gasteiger partial charge in [-0.1, -0.05) is 54.6 Å². The maximum Gasteiger partial charge on any atom is 0.251 e. The average Bonchev–Trinajstić information content (AvgIpc) is 3.19. The summed E-state index contributed by atoms with van der Waals surface area (Å²) in [6.07, 6.45) is 0.811. The number of amides is 2. The van der Waals surface area contributed by atoms with Crippen molar-refractivity contribution in [2.24, 2.45) is 0 Å².